The number of methoxy groups -OCH3 is 1. The van der Waals surface area contributed by atoms with Crippen molar-refractivity contribution in [3.8, 4) is 5.75 Å². The monoisotopic (exact) mass is 391 g/mol. The molecule has 0 radical (unpaired) electrons. The van der Waals surface area contributed by atoms with Gasteiger partial charge in [0.25, 0.3) is 10.0 Å². The van der Waals surface area contributed by atoms with Gasteiger partial charge in [-0.05, 0) is 49.4 Å². The zero-order valence-corrected chi connectivity index (χ0v) is 16.7. The summed E-state index contributed by atoms with van der Waals surface area (Å²) in [5, 5.41) is 8.24. The van der Waals surface area contributed by atoms with Crippen LogP contribution in [0, 0.1) is 6.92 Å². The van der Waals surface area contributed by atoms with Gasteiger partial charge in [-0.3, -0.25) is 4.72 Å². The molecule has 0 bridgehead atoms. The second kappa shape index (κ2) is 8.10. The van der Waals surface area contributed by atoms with Gasteiger partial charge in [0.2, 0.25) is 0 Å². The third-order valence-electron chi connectivity index (χ3n) is 4.70. The Morgan fingerprint density at radius 1 is 1.11 bits per heavy atom. The zero-order valence-electron chi connectivity index (χ0n) is 15.8. The summed E-state index contributed by atoms with van der Waals surface area (Å²) < 4.78 is 32.9. The molecule has 8 nitrogen and oxygen atoms in total. The number of aryl methyl sites for hydroxylation is 1. The fourth-order valence-corrected chi connectivity index (χ4v) is 4.31. The predicted octanol–water partition coefficient (Wildman–Crippen LogP) is 1.74. The molecule has 146 valence electrons. The van der Waals surface area contributed by atoms with Gasteiger partial charge in [-0.15, -0.1) is 10.2 Å². The molecular weight excluding hydrogens is 366 g/mol. The Balaban J connectivity index is 1.70. The van der Waals surface area contributed by atoms with Crippen LogP contribution in [0.15, 0.2) is 35.2 Å². The van der Waals surface area contributed by atoms with Gasteiger partial charge in [0.15, 0.2) is 11.6 Å². The number of piperazine rings is 1. The lowest BCUT2D eigenvalue weighted by Crippen LogP contribution is -2.46. The molecule has 2 heterocycles. The van der Waals surface area contributed by atoms with Gasteiger partial charge in [0, 0.05) is 26.2 Å². The van der Waals surface area contributed by atoms with Gasteiger partial charge in [-0.25, -0.2) is 8.42 Å². The maximum absolute atomic E-state index is 12.6. The number of likely N-dealkylation sites (N-methyl/N-ethyl adjacent to an activating group) is 1. The van der Waals surface area contributed by atoms with Gasteiger partial charge >= 0.3 is 0 Å². The van der Waals surface area contributed by atoms with Crippen LogP contribution in [0.3, 0.4) is 0 Å². The second-order valence-electron chi connectivity index (χ2n) is 6.44. The van der Waals surface area contributed by atoms with E-state index in [0.717, 1.165) is 38.5 Å². The third kappa shape index (κ3) is 4.48. The Bertz CT molecular complexity index is 878. The van der Waals surface area contributed by atoms with Crippen LogP contribution < -0.4 is 14.4 Å². The van der Waals surface area contributed by atoms with Crippen LogP contribution in [0.2, 0.25) is 0 Å². The van der Waals surface area contributed by atoms with Crippen LogP contribution >= 0.6 is 0 Å². The molecule has 3 rings (SSSR count). The Kier molecular flexibility index (Phi) is 5.81. The average Bonchev–Trinajstić information content (AvgIpc) is 2.68. The Labute approximate surface area is 160 Å². The fraction of sp³-hybridized carbons (Fsp3) is 0.444. The van der Waals surface area contributed by atoms with Crippen LogP contribution in [0.1, 0.15) is 12.5 Å². The van der Waals surface area contributed by atoms with Gasteiger partial charge < -0.3 is 14.5 Å². The lowest BCUT2D eigenvalue weighted by Gasteiger charge is -2.34. The van der Waals surface area contributed by atoms with Gasteiger partial charge in [0.1, 0.15) is 5.75 Å². The summed E-state index contributed by atoms with van der Waals surface area (Å²) in [6.45, 7) is 8.68. The minimum absolute atomic E-state index is 0.185. The molecular formula is C18H25N5O3S. The molecule has 1 N–H and O–H groups in total. The topological polar surface area (TPSA) is 87.7 Å². The molecule has 0 atom stereocenters. The highest BCUT2D eigenvalue weighted by atomic mass is 32.2. The van der Waals surface area contributed by atoms with Crippen LogP contribution in [-0.4, -0.2) is 63.3 Å². The van der Waals surface area contributed by atoms with Crippen molar-refractivity contribution in [2.75, 3.05) is 49.5 Å². The van der Waals surface area contributed by atoms with Crippen molar-refractivity contribution in [2.24, 2.45) is 0 Å². The van der Waals surface area contributed by atoms with Crippen LogP contribution in [0.4, 0.5) is 11.6 Å². The molecule has 1 aromatic heterocycles. The smallest absolute Gasteiger partial charge is 0.263 e. The first-order valence-corrected chi connectivity index (χ1v) is 10.4. The minimum Gasteiger partial charge on any atom is -0.497 e. The fourth-order valence-electron chi connectivity index (χ4n) is 3.08. The normalized spacial score (nSPS) is 15.6. The van der Waals surface area contributed by atoms with E-state index in [0.29, 0.717) is 11.3 Å². The second-order valence-corrected chi connectivity index (χ2v) is 8.09. The molecule has 0 unspecified atom stereocenters. The largest absolute Gasteiger partial charge is 0.497 e. The zero-order chi connectivity index (χ0) is 19.4. The molecule has 1 aliphatic rings. The lowest BCUT2D eigenvalue weighted by atomic mass is 10.2. The number of benzene rings is 1. The van der Waals surface area contributed by atoms with Crippen molar-refractivity contribution in [1.82, 2.24) is 15.1 Å². The van der Waals surface area contributed by atoms with Gasteiger partial charge in [-0.1, -0.05) is 6.92 Å². The predicted molar refractivity (Wildman–Crippen MR) is 105 cm³/mol. The number of anilines is 2. The number of hydrogen-bond acceptors (Lipinski definition) is 7. The molecule has 1 aliphatic heterocycles. The summed E-state index contributed by atoms with van der Waals surface area (Å²) in [4.78, 5) is 4.72. The number of hydrogen-bond donors (Lipinski definition) is 1. The number of aromatic nitrogens is 2. The maximum atomic E-state index is 12.6. The van der Waals surface area contributed by atoms with Gasteiger partial charge in [-0.2, -0.15) is 0 Å². The van der Waals surface area contributed by atoms with E-state index in [1.54, 1.807) is 38.3 Å². The van der Waals surface area contributed by atoms with Crippen molar-refractivity contribution >= 4 is 21.7 Å². The molecule has 27 heavy (non-hydrogen) atoms. The minimum atomic E-state index is -3.75. The van der Waals surface area contributed by atoms with E-state index in [1.165, 1.54) is 6.07 Å². The molecule has 1 fully saturated rings. The molecule has 0 spiro atoms. The summed E-state index contributed by atoms with van der Waals surface area (Å²) in [5.74, 6) is 1.56. The quantitative estimate of drug-likeness (QED) is 0.802. The third-order valence-corrected chi connectivity index (χ3v) is 6.22. The first-order chi connectivity index (χ1) is 12.9. The summed E-state index contributed by atoms with van der Waals surface area (Å²) >= 11 is 0. The number of sulfonamides is 1. The Morgan fingerprint density at radius 3 is 2.41 bits per heavy atom. The van der Waals surface area contributed by atoms with Gasteiger partial charge in [0.05, 0.1) is 12.0 Å². The number of ether oxygens (including phenoxy) is 1. The molecule has 2 aromatic rings. The first kappa shape index (κ1) is 19.4. The van der Waals surface area contributed by atoms with Crippen molar-refractivity contribution < 1.29 is 13.2 Å². The molecule has 1 saturated heterocycles. The maximum Gasteiger partial charge on any atom is 0.263 e. The van der Waals surface area contributed by atoms with Crippen molar-refractivity contribution in [2.45, 2.75) is 18.7 Å². The number of nitrogens with one attached hydrogen (secondary N) is 1. The summed E-state index contributed by atoms with van der Waals surface area (Å²) in [6.07, 6.45) is 0. The van der Waals surface area contributed by atoms with E-state index in [9.17, 15) is 8.42 Å². The number of nitrogens with zero attached hydrogens (tertiary/aromatic N) is 4. The lowest BCUT2D eigenvalue weighted by molar-refractivity contribution is 0.270. The van der Waals surface area contributed by atoms with Crippen molar-refractivity contribution in [1.29, 1.82) is 0 Å². The molecule has 9 heteroatoms. The van der Waals surface area contributed by atoms with Crippen LogP contribution in [-0.2, 0) is 10.0 Å². The van der Waals surface area contributed by atoms with E-state index >= 15 is 0 Å². The average molecular weight is 391 g/mol. The van der Waals surface area contributed by atoms with Crippen molar-refractivity contribution in [3.05, 3.63) is 35.9 Å². The SMILES string of the molecule is CCN1CCN(c2ccc(NS(=O)(=O)c3ccc(OC)cc3C)nn2)CC1. The molecule has 0 saturated carbocycles. The van der Waals surface area contributed by atoms with E-state index in [4.69, 9.17) is 4.74 Å². The standard InChI is InChI=1S/C18H25N5O3S/c1-4-22-9-11-23(12-10-22)18-8-7-17(19-20-18)21-27(24,25)16-6-5-15(26-3)13-14(16)2/h5-8,13H,4,9-12H2,1-3H3,(H,19,21). The van der Waals surface area contributed by atoms with Crippen LogP contribution in [0.5, 0.6) is 5.75 Å². The molecule has 1 aromatic carbocycles. The highest BCUT2D eigenvalue weighted by molar-refractivity contribution is 7.92. The van der Waals surface area contributed by atoms with E-state index in [1.807, 2.05) is 0 Å². The highest BCUT2D eigenvalue weighted by Crippen LogP contribution is 2.23. The summed E-state index contributed by atoms with van der Waals surface area (Å²) in [6, 6.07) is 8.26. The molecule has 0 amide bonds. The van der Waals surface area contributed by atoms with E-state index < -0.39 is 10.0 Å². The van der Waals surface area contributed by atoms with Crippen LogP contribution in [0.25, 0.3) is 0 Å². The highest BCUT2D eigenvalue weighted by Gasteiger charge is 2.20. The van der Waals surface area contributed by atoms with Crippen molar-refractivity contribution in [3.63, 3.8) is 0 Å². The van der Waals surface area contributed by atoms with E-state index in [2.05, 4.69) is 31.6 Å². The molecule has 0 aliphatic carbocycles. The van der Waals surface area contributed by atoms with E-state index in [-0.39, 0.29) is 10.7 Å². The Morgan fingerprint density at radius 2 is 1.85 bits per heavy atom. The Hall–Kier alpha value is -2.39. The number of rotatable bonds is 6. The summed E-state index contributed by atoms with van der Waals surface area (Å²) in [5.41, 5.74) is 0.597. The summed E-state index contributed by atoms with van der Waals surface area (Å²) in [7, 11) is -2.20. The first-order valence-electron chi connectivity index (χ1n) is 8.91.